The van der Waals surface area contributed by atoms with Gasteiger partial charge < -0.3 is 15.5 Å². The molecule has 1 atom stereocenters. The van der Waals surface area contributed by atoms with Gasteiger partial charge in [0.15, 0.2) is 5.96 Å². The Labute approximate surface area is 138 Å². The number of guanidine groups is 1. The Kier molecular flexibility index (Phi) is 6.27. The molecular weight excluding hydrogens is 312 g/mol. The first-order valence-corrected chi connectivity index (χ1v) is 9.99. The predicted molar refractivity (Wildman–Crippen MR) is 95.9 cm³/mol. The van der Waals surface area contributed by atoms with Crippen LogP contribution in [0.1, 0.15) is 12.8 Å². The molecule has 7 heteroatoms. The molecule has 1 heterocycles. The Morgan fingerprint density at radius 2 is 2.09 bits per heavy atom. The Morgan fingerprint density at radius 1 is 1.35 bits per heavy atom. The van der Waals surface area contributed by atoms with Crippen molar-refractivity contribution in [3.63, 3.8) is 0 Å². The van der Waals surface area contributed by atoms with Crippen molar-refractivity contribution in [1.29, 1.82) is 0 Å². The molecule has 1 fully saturated rings. The van der Waals surface area contributed by atoms with E-state index in [-0.39, 0.29) is 5.75 Å². The van der Waals surface area contributed by atoms with Gasteiger partial charge >= 0.3 is 0 Å². The van der Waals surface area contributed by atoms with Gasteiger partial charge in [0.2, 0.25) is 0 Å². The van der Waals surface area contributed by atoms with E-state index in [1.807, 2.05) is 6.07 Å². The quantitative estimate of drug-likeness (QED) is 0.457. The average molecular weight is 338 g/mol. The Hall–Kier alpha value is -1.76. The second kappa shape index (κ2) is 8.19. The SMILES string of the molecule is CN=C(NCCCS(C)(=O)=O)NC1CCN(c2ccccc2)C1. The maximum absolute atomic E-state index is 11.1. The van der Waals surface area contributed by atoms with Gasteiger partial charge in [0.05, 0.1) is 5.75 Å². The van der Waals surface area contributed by atoms with Crippen LogP contribution >= 0.6 is 0 Å². The molecule has 6 nitrogen and oxygen atoms in total. The number of anilines is 1. The number of para-hydroxylation sites is 1. The van der Waals surface area contributed by atoms with Gasteiger partial charge in [-0.3, -0.25) is 4.99 Å². The van der Waals surface area contributed by atoms with Crippen LogP contribution in [0.15, 0.2) is 35.3 Å². The van der Waals surface area contributed by atoms with Gasteiger partial charge in [-0.1, -0.05) is 18.2 Å². The summed E-state index contributed by atoms with van der Waals surface area (Å²) in [5.41, 5.74) is 1.24. The Balaban J connectivity index is 1.75. The summed E-state index contributed by atoms with van der Waals surface area (Å²) in [6, 6.07) is 10.7. The monoisotopic (exact) mass is 338 g/mol. The van der Waals surface area contributed by atoms with Crippen molar-refractivity contribution in [3.05, 3.63) is 30.3 Å². The van der Waals surface area contributed by atoms with Crippen LogP contribution in [-0.2, 0) is 9.84 Å². The Morgan fingerprint density at radius 3 is 2.74 bits per heavy atom. The smallest absolute Gasteiger partial charge is 0.191 e. The van der Waals surface area contributed by atoms with Crippen LogP contribution < -0.4 is 15.5 Å². The van der Waals surface area contributed by atoms with Crippen LogP contribution in [0.2, 0.25) is 0 Å². The number of nitrogens with zero attached hydrogens (tertiary/aromatic N) is 2. The van der Waals surface area contributed by atoms with Crippen molar-refractivity contribution in [2.45, 2.75) is 18.9 Å². The molecule has 23 heavy (non-hydrogen) atoms. The maximum Gasteiger partial charge on any atom is 0.191 e. The van der Waals surface area contributed by atoms with E-state index in [2.05, 4.69) is 44.8 Å². The fraction of sp³-hybridized carbons (Fsp3) is 0.562. The topological polar surface area (TPSA) is 73.8 Å². The summed E-state index contributed by atoms with van der Waals surface area (Å²) in [6.45, 7) is 2.56. The summed E-state index contributed by atoms with van der Waals surface area (Å²) in [5.74, 6) is 0.931. The number of sulfone groups is 1. The lowest BCUT2D eigenvalue weighted by Gasteiger charge is -2.20. The maximum atomic E-state index is 11.1. The van der Waals surface area contributed by atoms with E-state index in [1.54, 1.807) is 7.05 Å². The molecule has 2 N–H and O–H groups in total. The molecular formula is C16H26N4O2S. The molecule has 0 aromatic heterocycles. The minimum absolute atomic E-state index is 0.197. The largest absolute Gasteiger partial charge is 0.369 e. The van der Waals surface area contributed by atoms with Crippen LogP contribution in [0.25, 0.3) is 0 Å². The Bertz CT molecular complexity index is 616. The third-order valence-corrected chi connectivity index (χ3v) is 4.89. The van der Waals surface area contributed by atoms with E-state index < -0.39 is 9.84 Å². The fourth-order valence-corrected chi connectivity index (χ4v) is 3.35. The lowest BCUT2D eigenvalue weighted by Crippen LogP contribution is -2.45. The van der Waals surface area contributed by atoms with E-state index >= 15 is 0 Å². The zero-order valence-electron chi connectivity index (χ0n) is 13.8. The molecule has 0 amide bonds. The third-order valence-electron chi connectivity index (χ3n) is 3.86. The molecule has 1 aliphatic heterocycles. The number of benzene rings is 1. The minimum Gasteiger partial charge on any atom is -0.369 e. The van der Waals surface area contributed by atoms with E-state index in [1.165, 1.54) is 11.9 Å². The normalized spacial score (nSPS) is 19.0. The van der Waals surface area contributed by atoms with E-state index in [0.29, 0.717) is 19.0 Å². The average Bonchev–Trinajstić information content (AvgIpc) is 2.99. The standard InChI is InChI=1S/C16H26N4O2S/c1-17-16(18-10-6-12-23(2,21)22)19-14-9-11-20(13-14)15-7-4-3-5-8-15/h3-5,7-8,14H,6,9-13H2,1-2H3,(H2,17,18,19). The summed E-state index contributed by atoms with van der Waals surface area (Å²) in [7, 11) is -1.16. The summed E-state index contributed by atoms with van der Waals surface area (Å²) in [4.78, 5) is 6.57. The fourth-order valence-electron chi connectivity index (χ4n) is 2.68. The van der Waals surface area contributed by atoms with E-state index in [0.717, 1.165) is 25.5 Å². The molecule has 2 rings (SSSR count). The van der Waals surface area contributed by atoms with Crippen LogP contribution in [0.4, 0.5) is 5.69 Å². The molecule has 0 aliphatic carbocycles. The number of hydrogen-bond donors (Lipinski definition) is 2. The van der Waals surface area contributed by atoms with Crippen molar-refractivity contribution in [3.8, 4) is 0 Å². The predicted octanol–water partition coefficient (Wildman–Crippen LogP) is 0.865. The summed E-state index contributed by atoms with van der Waals surface area (Å²) >= 11 is 0. The molecule has 0 saturated carbocycles. The molecule has 1 unspecified atom stereocenters. The van der Waals surface area contributed by atoms with Crippen molar-refractivity contribution in [2.24, 2.45) is 4.99 Å². The number of rotatable bonds is 6. The molecule has 128 valence electrons. The zero-order valence-corrected chi connectivity index (χ0v) is 14.6. The van der Waals surface area contributed by atoms with Crippen molar-refractivity contribution in [2.75, 3.05) is 43.6 Å². The highest BCUT2D eigenvalue weighted by atomic mass is 32.2. The summed E-state index contributed by atoms with van der Waals surface area (Å²) < 4.78 is 22.2. The van der Waals surface area contributed by atoms with Crippen LogP contribution in [0.3, 0.4) is 0 Å². The van der Waals surface area contributed by atoms with Gasteiger partial charge in [-0.05, 0) is 25.0 Å². The highest BCUT2D eigenvalue weighted by Crippen LogP contribution is 2.19. The van der Waals surface area contributed by atoms with Crippen molar-refractivity contribution >= 4 is 21.5 Å². The molecule has 0 spiro atoms. The molecule has 1 saturated heterocycles. The number of hydrogen-bond acceptors (Lipinski definition) is 4. The summed E-state index contributed by atoms with van der Waals surface area (Å²) in [6.07, 6.45) is 2.90. The van der Waals surface area contributed by atoms with Crippen LogP contribution in [0, 0.1) is 0 Å². The van der Waals surface area contributed by atoms with Crippen molar-refractivity contribution in [1.82, 2.24) is 10.6 Å². The second-order valence-corrected chi connectivity index (χ2v) is 8.15. The van der Waals surface area contributed by atoms with Crippen LogP contribution in [-0.4, -0.2) is 59.1 Å². The van der Waals surface area contributed by atoms with Gasteiger partial charge in [0.1, 0.15) is 9.84 Å². The number of aliphatic imine (C=N–C) groups is 1. The zero-order chi connectivity index (χ0) is 16.7. The van der Waals surface area contributed by atoms with Gasteiger partial charge in [-0.15, -0.1) is 0 Å². The third kappa shape index (κ3) is 6.09. The highest BCUT2D eigenvalue weighted by molar-refractivity contribution is 7.90. The minimum atomic E-state index is -2.90. The molecule has 0 bridgehead atoms. The molecule has 0 radical (unpaired) electrons. The van der Waals surface area contributed by atoms with Gasteiger partial charge in [-0.25, -0.2) is 8.42 Å². The van der Waals surface area contributed by atoms with E-state index in [9.17, 15) is 8.42 Å². The lowest BCUT2D eigenvalue weighted by atomic mass is 10.3. The lowest BCUT2D eigenvalue weighted by molar-refractivity contribution is 0.597. The second-order valence-electron chi connectivity index (χ2n) is 5.89. The van der Waals surface area contributed by atoms with Gasteiger partial charge in [-0.2, -0.15) is 0 Å². The van der Waals surface area contributed by atoms with Gasteiger partial charge in [0, 0.05) is 44.7 Å². The summed E-state index contributed by atoms with van der Waals surface area (Å²) in [5, 5.41) is 6.59. The first kappa shape index (κ1) is 17.6. The molecule has 1 aliphatic rings. The highest BCUT2D eigenvalue weighted by Gasteiger charge is 2.23. The van der Waals surface area contributed by atoms with Crippen molar-refractivity contribution < 1.29 is 8.42 Å². The van der Waals surface area contributed by atoms with Gasteiger partial charge in [0.25, 0.3) is 0 Å². The molecule has 1 aromatic rings. The number of nitrogens with one attached hydrogen (secondary N) is 2. The first-order valence-electron chi connectivity index (χ1n) is 7.93. The van der Waals surface area contributed by atoms with Crippen LogP contribution in [0.5, 0.6) is 0 Å². The molecule has 1 aromatic carbocycles. The van der Waals surface area contributed by atoms with E-state index in [4.69, 9.17) is 0 Å². The first-order chi connectivity index (χ1) is 11.0.